The molecule has 78 valence electrons. The van der Waals surface area contributed by atoms with Crippen molar-refractivity contribution in [2.45, 2.75) is 5.92 Å². The van der Waals surface area contributed by atoms with Crippen LogP contribution in [-0.2, 0) is 0 Å². The van der Waals surface area contributed by atoms with Gasteiger partial charge in [-0.3, -0.25) is 0 Å². The Morgan fingerprint density at radius 1 is 1.19 bits per heavy atom. The average molecular weight is 210 g/mol. The molecule has 2 aromatic carbocycles. The predicted octanol–water partition coefficient (Wildman–Crippen LogP) is 3.52. The van der Waals surface area contributed by atoms with E-state index in [0.29, 0.717) is 0 Å². The van der Waals surface area contributed by atoms with E-state index in [4.69, 9.17) is 5.21 Å². The molecule has 1 unspecified atom stereocenters. The molecule has 2 nitrogen and oxygen atoms in total. The van der Waals surface area contributed by atoms with Crippen molar-refractivity contribution in [3.05, 3.63) is 53.6 Å². The van der Waals surface area contributed by atoms with Gasteiger partial charge in [-0.25, -0.2) is 0 Å². The Balaban J connectivity index is 0.00000108. The summed E-state index contributed by atoms with van der Waals surface area (Å²) < 4.78 is 0. The second-order valence-corrected chi connectivity index (χ2v) is 3.94. The molecule has 0 bridgehead atoms. The van der Waals surface area contributed by atoms with Crippen molar-refractivity contribution in [1.82, 2.24) is 0 Å². The van der Waals surface area contributed by atoms with E-state index >= 15 is 0 Å². The lowest BCUT2D eigenvalue weighted by atomic mass is 9.87. The van der Waals surface area contributed by atoms with Gasteiger partial charge in [0.05, 0.1) is 6.21 Å². The van der Waals surface area contributed by atoms with Gasteiger partial charge in [-0.05, 0) is 21.9 Å². The molecule has 0 heterocycles. The molecule has 2 heteroatoms. The van der Waals surface area contributed by atoms with E-state index in [0.717, 1.165) is 0 Å². The van der Waals surface area contributed by atoms with E-state index in [1.165, 1.54) is 21.9 Å². The maximum Gasteiger partial charge on any atom is 1.00 e. The van der Waals surface area contributed by atoms with Gasteiger partial charge in [0, 0.05) is 5.92 Å². The summed E-state index contributed by atoms with van der Waals surface area (Å²) in [7, 11) is 0. The monoisotopic (exact) mass is 210 g/mol. The highest BCUT2D eigenvalue weighted by Gasteiger charge is 2.15. The van der Waals surface area contributed by atoms with Crippen LogP contribution in [0.3, 0.4) is 0 Å². The summed E-state index contributed by atoms with van der Waals surface area (Å²) in [4.78, 5) is 0. The number of allylic oxidation sites excluding steroid dienone is 1. The van der Waals surface area contributed by atoms with E-state index in [-0.39, 0.29) is 7.34 Å². The van der Waals surface area contributed by atoms with Gasteiger partial charge in [0.15, 0.2) is 0 Å². The highest BCUT2D eigenvalue weighted by atomic mass is 16.4. The van der Waals surface area contributed by atoms with Crippen LogP contribution in [0.4, 0.5) is 0 Å². The maximum atomic E-state index is 8.66. The fourth-order valence-corrected chi connectivity index (χ4v) is 2.33. The van der Waals surface area contributed by atoms with E-state index < -0.39 is 0 Å². The van der Waals surface area contributed by atoms with Gasteiger partial charge in [0.25, 0.3) is 0 Å². The molecule has 0 saturated carbocycles. The molecular weight excluding hydrogens is 198 g/mol. The molecule has 0 saturated heterocycles. The number of benzene rings is 2. The maximum absolute atomic E-state index is 8.66. The van der Waals surface area contributed by atoms with Crippen molar-refractivity contribution < 1.29 is 6.63 Å². The van der Waals surface area contributed by atoms with Crippen LogP contribution in [0.25, 0.3) is 16.8 Å². The van der Waals surface area contributed by atoms with Crippen LogP contribution in [-0.4, -0.2) is 11.4 Å². The first kappa shape index (κ1) is 9.16. The zero-order valence-corrected chi connectivity index (χ0v) is 8.67. The highest BCUT2D eigenvalue weighted by molar-refractivity contribution is 5.98. The molecule has 3 rings (SSSR count). The number of rotatable bonds is 1. The minimum Gasteiger partial charge on any atom is -0.411 e. The zero-order valence-electron chi connectivity index (χ0n) is 9.67. The van der Waals surface area contributed by atoms with Crippen LogP contribution in [0, 0.1) is 0 Å². The van der Waals surface area contributed by atoms with Crippen LogP contribution in [0.2, 0.25) is 0 Å². The molecule has 1 aliphatic rings. The quantitative estimate of drug-likeness (QED) is 0.436. The van der Waals surface area contributed by atoms with Gasteiger partial charge in [-0.1, -0.05) is 48.6 Å². The van der Waals surface area contributed by atoms with Gasteiger partial charge in [-0.15, -0.1) is 5.16 Å². The van der Waals surface area contributed by atoms with Crippen LogP contribution < -0.4 is 0 Å². The summed E-state index contributed by atoms with van der Waals surface area (Å²) in [6.45, 7) is 0. The van der Waals surface area contributed by atoms with Gasteiger partial charge in [-0.2, -0.15) is 0 Å². The van der Waals surface area contributed by atoms with Crippen LogP contribution >= 0.6 is 0 Å². The summed E-state index contributed by atoms with van der Waals surface area (Å²) in [6.07, 6.45) is 5.69. The van der Waals surface area contributed by atoms with Crippen LogP contribution in [0.1, 0.15) is 18.5 Å². The van der Waals surface area contributed by atoms with E-state index in [1.54, 1.807) is 6.21 Å². The third kappa shape index (κ3) is 1.23. The Hall–Kier alpha value is -2.09. The number of hydrogen-bond acceptors (Lipinski definition) is 2. The van der Waals surface area contributed by atoms with Crippen LogP contribution in [0.15, 0.2) is 47.6 Å². The number of oxime groups is 1. The Morgan fingerprint density at radius 2 is 2.00 bits per heavy atom. The molecular formula is C14H12NO+. The molecule has 16 heavy (non-hydrogen) atoms. The predicted molar refractivity (Wildman–Crippen MR) is 67.1 cm³/mol. The Labute approximate surface area is 95.0 Å². The summed E-state index contributed by atoms with van der Waals surface area (Å²) in [5, 5.41) is 14.3. The smallest absolute Gasteiger partial charge is 0.411 e. The normalized spacial score (nSPS) is 18.4. The highest BCUT2D eigenvalue weighted by Crippen LogP contribution is 2.33. The molecule has 0 fully saturated rings. The molecule has 2 aromatic rings. The minimum absolute atomic E-state index is 0. The summed E-state index contributed by atoms with van der Waals surface area (Å²) >= 11 is 0. The Morgan fingerprint density at radius 3 is 2.81 bits per heavy atom. The standard InChI is InChI=1S/C14H11NO/c16-15-9-12-8-7-11-4-1-3-10-5-2-6-13(12)14(10)11/h1-9,12,16H/p+1. The van der Waals surface area contributed by atoms with E-state index in [9.17, 15) is 0 Å². The fourth-order valence-electron chi connectivity index (χ4n) is 2.33. The third-order valence-corrected chi connectivity index (χ3v) is 3.04. The van der Waals surface area contributed by atoms with E-state index in [1.807, 2.05) is 6.07 Å². The lowest BCUT2D eigenvalue weighted by molar-refractivity contribution is 0.320. The first-order valence-electron chi connectivity index (χ1n) is 5.27. The van der Waals surface area contributed by atoms with Crippen molar-refractivity contribution in [3.63, 3.8) is 0 Å². The second-order valence-electron chi connectivity index (χ2n) is 3.94. The van der Waals surface area contributed by atoms with Crippen molar-refractivity contribution in [3.8, 4) is 0 Å². The summed E-state index contributed by atoms with van der Waals surface area (Å²) in [5.41, 5.74) is 2.43. The van der Waals surface area contributed by atoms with Crippen molar-refractivity contribution >= 4 is 23.1 Å². The summed E-state index contributed by atoms with van der Waals surface area (Å²) in [6, 6.07) is 12.5. The van der Waals surface area contributed by atoms with Crippen molar-refractivity contribution in [1.29, 1.82) is 0 Å². The summed E-state index contributed by atoms with van der Waals surface area (Å²) in [5.74, 6) is 0.0728. The first-order valence-corrected chi connectivity index (χ1v) is 5.27. The molecule has 1 N–H and O–H groups in total. The lowest BCUT2D eigenvalue weighted by Gasteiger charge is -2.17. The Kier molecular flexibility index (Phi) is 2.00. The van der Waals surface area contributed by atoms with Gasteiger partial charge >= 0.3 is 1.43 Å². The molecule has 1 aliphatic carbocycles. The lowest BCUT2D eigenvalue weighted by Crippen LogP contribution is -2.02. The second kappa shape index (κ2) is 3.49. The van der Waals surface area contributed by atoms with Crippen LogP contribution in [0.5, 0.6) is 0 Å². The zero-order chi connectivity index (χ0) is 11.0. The molecule has 0 amide bonds. The Bertz CT molecular complexity index is 599. The van der Waals surface area contributed by atoms with Crippen molar-refractivity contribution in [2.24, 2.45) is 5.16 Å². The molecule has 0 radical (unpaired) electrons. The molecule has 0 spiro atoms. The third-order valence-electron chi connectivity index (χ3n) is 3.04. The topological polar surface area (TPSA) is 32.6 Å². The molecule has 0 aromatic heterocycles. The SMILES string of the molecule is ON=CC1C=Cc2cccc3cccc1c23.[H+]. The number of nitrogens with zero attached hydrogens (tertiary/aromatic N) is 1. The van der Waals surface area contributed by atoms with Gasteiger partial charge < -0.3 is 5.21 Å². The first-order chi connectivity index (χ1) is 7.90. The minimum atomic E-state index is 0. The fraction of sp³-hybridized carbons (Fsp3) is 0.0714. The molecule has 0 aliphatic heterocycles. The van der Waals surface area contributed by atoms with Gasteiger partial charge in [0.2, 0.25) is 0 Å². The average Bonchev–Trinajstić information content (AvgIpc) is 2.33. The van der Waals surface area contributed by atoms with E-state index in [2.05, 4.69) is 47.6 Å². The van der Waals surface area contributed by atoms with Crippen molar-refractivity contribution in [2.75, 3.05) is 0 Å². The largest absolute Gasteiger partial charge is 1.00 e. The molecule has 1 atom stereocenters. The van der Waals surface area contributed by atoms with Gasteiger partial charge in [0.1, 0.15) is 0 Å². The number of hydrogen-bond donors (Lipinski definition) is 1.